The molecule has 3 nitrogen and oxygen atoms in total. The van der Waals surface area contributed by atoms with Crippen molar-refractivity contribution in [1.82, 2.24) is 0 Å². The maximum atomic E-state index is 9.02. The minimum absolute atomic E-state index is 0.124. The number of fused-ring (bicyclic) bond motifs is 3. The molecule has 0 radical (unpaired) electrons. The van der Waals surface area contributed by atoms with Crippen molar-refractivity contribution < 1.29 is 0 Å². The third-order valence-corrected chi connectivity index (χ3v) is 8.57. The molecular weight excluding hydrogens is 546 g/mol. The third kappa shape index (κ3) is 5.51. The average molecular weight is 582 g/mol. The van der Waals surface area contributed by atoms with Gasteiger partial charge in [-0.05, 0) is 87.2 Å². The van der Waals surface area contributed by atoms with Gasteiger partial charge in [-0.25, -0.2) is 0 Å². The Balaban J connectivity index is 1.47. The molecule has 0 aromatic heterocycles. The summed E-state index contributed by atoms with van der Waals surface area (Å²) in [6.45, 7) is 1.87. The third-order valence-electron chi connectivity index (χ3n) is 8.57. The fourth-order valence-electron chi connectivity index (χ4n) is 6.49. The van der Waals surface area contributed by atoms with E-state index in [1.165, 1.54) is 50.1 Å². The summed E-state index contributed by atoms with van der Waals surface area (Å²) in [4.78, 5) is 0. The Hall–Kier alpha value is -5.85. The van der Waals surface area contributed by atoms with E-state index < -0.39 is 5.41 Å². The van der Waals surface area contributed by atoms with Gasteiger partial charge in [-0.1, -0.05) is 140 Å². The highest BCUT2D eigenvalue weighted by atomic mass is 14.6. The maximum absolute atomic E-state index is 9.02. The van der Waals surface area contributed by atoms with Crippen LogP contribution in [0.1, 0.15) is 34.7 Å². The smallest absolute Gasteiger partial charge is 0.117 e. The van der Waals surface area contributed by atoms with E-state index >= 15 is 0 Å². The van der Waals surface area contributed by atoms with Crippen molar-refractivity contribution >= 4 is 0 Å². The molecule has 0 spiro atoms. The monoisotopic (exact) mass is 581 g/mol. The van der Waals surface area contributed by atoms with Crippen LogP contribution in [0.3, 0.4) is 0 Å². The number of hydrogen-bond donors (Lipinski definition) is 2. The Morgan fingerprint density at radius 2 is 1.29 bits per heavy atom. The second kappa shape index (κ2) is 12.8. The van der Waals surface area contributed by atoms with E-state index in [1.807, 2.05) is 31.2 Å². The predicted octanol–water partition coefficient (Wildman–Crippen LogP) is 8.97. The van der Waals surface area contributed by atoms with E-state index in [4.69, 9.17) is 16.7 Å². The molecule has 0 unspecified atom stereocenters. The van der Waals surface area contributed by atoms with Gasteiger partial charge in [-0.15, -0.1) is 0 Å². The van der Waals surface area contributed by atoms with Crippen molar-refractivity contribution in [3.8, 4) is 28.3 Å². The van der Waals surface area contributed by atoms with Gasteiger partial charge in [0.2, 0.25) is 0 Å². The van der Waals surface area contributed by atoms with Crippen molar-refractivity contribution in [2.45, 2.75) is 18.8 Å². The van der Waals surface area contributed by atoms with Crippen LogP contribution in [-0.4, -0.2) is 0 Å². The van der Waals surface area contributed by atoms with Gasteiger partial charge in [0.05, 0.1) is 5.41 Å². The molecule has 0 aliphatic heterocycles. The molecule has 5 aromatic rings. The summed E-state index contributed by atoms with van der Waals surface area (Å²) in [5, 5.41) is 9.02. The van der Waals surface area contributed by atoms with Gasteiger partial charge in [0.15, 0.2) is 0 Å². The van der Waals surface area contributed by atoms with Crippen LogP contribution in [0.4, 0.5) is 0 Å². The molecule has 0 amide bonds. The van der Waals surface area contributed by atoms with Crippen LogP contribution in [0.2, 0.25) is 0 Å². The molecular formula is C42H35N3. The molecule has 1 aliphatic carbocycles. The van der Waals surface area contributed by atoms with Gasteiger partial charge >= 0.3 is 0 Å². The molecule has 45 heavy (non-hydrogen) atoms. The van der Waals surface area contributed by atoms with E-state index in [2.05, 4.69) is 133 Å². The Morgan fingerprint density at radius 1 is 0.711 bits per heavy atom. The van der Waals surface area contributed by atoms with E-state index in [-0.39, 0.29) is 5.70 Å². The van der Waals surface area contributed by atoms with Crippen LogP contribution in [0.15, 0.2) is 175 Å². The number of nitriles is 1. The van der Waals surface area contributed by atoms with Gasteiger partial charge < -0.3 is 11.5 Å². The Labute approximate surface area is 265 Å². The lowest BCUT2D eigenvalue weighted by Gasteiger charge is -2.34. The minimum atomic E-state index is -0.435. The largest absolute Gasteiger partial charge is 0.398 e. The zero-order valence-corrected chi connectivity index (χ0v) is 25.3. The molecule has 3 heteroatoms. The first-order valence-corrected chi connectivity index (χ1v) is 15.2. The molecule has 5 aromatic carbocycles. The van der Waals surface area contributed by atoms with Crippen LogP contribution < -0.4 is 11.5 Å². The van der Waals surface area contributed by atoms with E-state index in [9.17, 15) is 0 Å². The van der Waals surface area contributed by atoms with Crippen LogP contribution in [0.5, 0.6) is 0 Å². The Bertz CT molecular complexity index is 1950. The topological polar surface area (TPSA) is 75.8 Å². The fraction of sp³-hybridized carbons (Fsp3) is 0.0714. The maximum Gasteiger partial charge on any atom is 0.117 e. The summed E-state index contributed by atoms with van der Waals surface area (Å²) in [5.41, 5.74) is 24.1. The molecule has 0 saturated carbocycles. The van der Waals surface area contributed by atoms with Gasteiger partial charge in [-0.2, -0.15) is 5.26 Å². The van der Waals surface area contributed by atoms with Crippen LogP contribution in [-0.2, 0) is 11.8 Å². The molecule has 0 atom stereocenters. The SMILES string of the molecule is C/C=C(\C=C(/N)C#N)C(/N)=C/C=C\Cc1ccc2c(c1)-c1cc(-c3ccccc3)ccc1C2(c1ccccc1)c1ccccc1. The zero-order chi connectivity index (χ0) is 31.2. The van der Waals surface area contributed by atoms with Crippen molar-refractivity contribution in [2.24, 2.45) is 11.5 Å². The van der Waals surface area contributed by atoms with E-state index in [0.717, 1.165) is 12.0 Å². The van der Waals surface area contributed by atoms with Crippen molar-refractivity contribution in [3.05, 3.63) is 203 Å². The summed E-state index contributed by atoms with van der Waals surface area (Å²) in [5.74, 6) is 0. The summed E-state index contributed by atoms with van der Waals surface area (Å²) in [7, 11) is 0. The quantitative estimate of drug-likeness (QED) is 0.139. The minimum Gasteiger partial charge on any atom is -0.398 e. The lowest BCUT2D eigenvalue weighted by molar-refractivity contribution is 0.768. The Kier molecular flexibility index (Phi) is 8.31. The number of nitrogens with two attached hydrogens (primary N) is 2. The summed E-state index contributed by atoms with van der Waals surface area (Å²) >= 11 is 0. The summed E-state index contributed by atoms with van der Waals surface area (Å²) < 4.78 is 0. The first-order chi connectivity index (χ1) is 22.1. The first-order valence-electron chi connectivity index (χ1n) is 15.2. The zero-order valence-electron chi connectivity index (χ0n) is 25.3. The van der Waals surface area contributed by atoms with Crippen molar-refractivity contribution in [2.75, 3.05) is 0 Å². The average Bonchev–Trinajstić information content (AvgIpc) is 3.39. The van der Waals surface area contributed by atoms with Gasteiger partial charge in [-0.3, -0.25) is 0 Å². The second-order valence-electron chi connectivity index (χ2n) is 11.2. The number of allylic oxidation sites excluding steroid dienone is 6. The normalized spacial score (nSPS) is 14.2. The molecule has 6 rings (SSSR count). The Morgan fingerprint density at radius 3 is 1.89 bits per heavy atom. The van der Waals surface area contributed by atoms with Crippen LogP contribution in [0.25, 0.3) is 22.3 Å². The number of nitrogens with zero attached hydrogens (tertiary/aromatic N) is 1. The summed E-state index contributed by atoms with van der Waals surface area (Å²) in [6.07, 6.45) is 10.1. The van der Waals surface area contributed by atoms with Gasteiger partial charge in [0.25, 0.3) is 0 Å². The fourth-order valence-corrected chi connectivity index (χ4v) is 6.49. The van der Waals surface area contributed by atoms with Gasteiger partial charge in [0, 0.05) is 5.70 Å². The van der Waals surface area contributed by atoms with Crippen molar-refractivity contribution in [1.29, 1.82) is 5.26 Å². The van der Waals surface area contributed by atoms with Crippen LogP contribution >= 0.6 is 0 Å². The molecule has 0 bridgehead atoms. The molecule has 4 N–H and O–H groups in total. The highest BCUT2D eigenvalue weighted by Gasteiger charge is 2.46. The first kappa shape index (κ1) is 29.2. The molecule has 0 heterocycles. The predicted molar refractivity (Wildman–Crippen MR) is 186 cm³/mol. The van der Waals surface area contributed by atoms with E-state index in [0.29, 0.717) is 5.70 Å². The highest BCUT2D eigenvalue weighted by molar-refractivity contribution is 5.89. The second-order valence-corrected chi connectivity index (χ2v) is 11.2. The number of hydrogen-bond acceptors (Lipinski definition) is 3. The molecule has 1 aliphatic rings. The number of rotatable bonds is 8. The molecule has 0 fully saturated rings. The van der Waals surface area contributed by atoms with Crippen molar-refractivity contribution in [3.63, 3.8) is 0 Å². The standard InChI is InChI=1S/C42H35N3/c1-2-31(27-36(44)29-43)41(45)21-13-12-14-30-22-24-39-37(26-30)38-28-33(32-15-6-3-7-16-32)23-25-40(38)42(39,34-17-8-4-9-18-34)35-19-10-5-11-20-35/h2-13,15-28H,14,44-45H2,1H3/b13-12-,31-2+,36-27-,41-21-. The van der Waals surface area contributed by atoms with E-state index in [1.54, 1.807) is 6.08 Å². The lowest BCUT2D eigenvalue weighted by Crippen LogP contribution is -2.28. The number of benzene rings is 5. The lowest BCUT2D eigenvalue weighted by atomic mass is 9.67. The summed E-state index contributed by atoms with van der Waals surface area (Å²) in [6, 6.07) is 48.1. The van der Waals surface area contributed by atoms with Gasteiger partial charge in [0.1, 0.15) is 11.8 Å². The molecule has 0 saturated heterocycles. The molecule has 218 valence electrons. The van der Waals surface area contributed by atoms with Crippen LogP contribution in [0, 0.1) is 11.3 Å². The highest BCUT2D eigenvalue weighted by Crippen LogP contribution is 2.56.